The monoisotopic (exact) mass is 635 g/mol. The lowest BCUT2D eigenvalue weighted by atomic mass is 9.99. The Balaban J connectivity index is 1.37. The molecule has 2 aromatic carbocycles. The van der Waals surface area contributed by atoms with E-state index in [1.807, 2.05) is 60.7 Å². The molecule has 1 aromatic heterocycles. The molecule has 0 bridgehead atoms. The van der Waals surface area contributed by atoms with Gasteiger partial charge in [-0.25, -0.2) is 14.6 Å². The van der Waals surface area contributed by atoms with Crippen molar-refractivity contribution in [3.63, 3.8) is 0 Å². The summed E-state index contributed by atoms with van der Waals surface area (Å²) >= 11 is 1.00. The van der Waals surface area contributed by atoms with Gasteiger partial charge in [0.25, 0.3) is 5.91 Å². The number of benzene rings is 2. The number of anilines is 1. The molecule has 1 aliphatic heterocycles. The number of ether oxygens (including phenoxy) is 2. The summed E-state index contributed by atoms with van der Waals surface area (Å²) in [5, 5.41) is 22.6. The second-order valence-corrected chi connectivity index (χ2v) is 12.4. The Labute approximate surface area is 263 Å². The van der Waals surface area contributed by atoms with Gasteiger partial charge in [-0.2, -0.15) is 0 Å². The Bertz CT molecular complexity index is 1540. The van der Waals surface area contributed by atoms with Crippen LogP contribution in [0.15, 0.2) is 71.2 Å². The first-order valence-corrected chi connectivity index (χ1v) is 15.1. The van der Waals surface area contributed by atoms with Crippen molar-refractivity contribution >= 4 is 46.1 Å². The van der Waals surface area contributed by atoms with E-state index in [9.17, 15) is 24.3 Å². The molecule has 13 nitrogen and oxygen atoms in total. The first kappa shape index (κ1) is 31.6. The third kappa shape index (κ3) is 7.64. The van der Waals surface area contributed by atoms with Gasteiger partial charge < -0.3 is 30.1 Å². The fraction of sp³-hybridized carbons (Fsp3) is 0.355. The number of β-lactam (4-membered cyclic amide) rings is 1. The number of hydrogen-bond donors (Lipinski definition) is 4. The molecule has 0 unspecified atom stereocenters. The van der Waals surface area contributed by atoms with Crippen molar-refractivity contribution in [1.29, 1.82) is 0 Å². The van der Waals surface area contributed by atoms with Crippen LogP contribution >= 0.6 is 11.3 Å². The Hall–Kier alpha value is -4.82. The maximum absolute atomic E-state index is 13.5. The zero-order valence-electron chi connectivity index (χ0n) is 24.8. The summed E-state index contributed by atoms with van der Waals surface area (Å²) in [6.07, 6.45) is -0.868. The Kier molecular flexibility index (Phi) is 9.16. The van der Waals surface area contributed by atoms with Crippen LogP contribution in [0.2, 0.25) is 0 Å². The highest BCUT2D eigenvalue weighted by Gasteiger charge is 2.56. The maximum atomic E-state index is 13.5. The van der Waals surface area contributed by atoms with E-state index in [0.29, 0.717) is 12.8 Å². The zero-order valence-corrected chi connectivity index (χ0v) is 25.6. The summed E-state index contributed by atoms with van der Waals surface area (Å²) < 4.78 is 11.2. The number of amides is 3. The predicted molar refractivity (Wildman–Crippen MR) is 163 cm³/mol. The van der Waals surface area contributed by atoms with Crippen molar-refractivity contribution in [2.45, 2.75) is 63.0 Å². The molecule has 3 aromatic rings. The second-order valence-electron chi connectivity index (χ2n) is 11.5. The SMILES string of the molecule is CC(C)(C)OC(=O)Nc1nc(/C(=N/OC2(C(=O)OC(c3ccccc3)c3ccccc3)CC2)C(=O)N[C@@H]2C(=O)N[C@@H]2CO)cs1. The summed E-state index contributed by atoms with van der Waals surface area (Å²) in [7, 11) is 0. The number of nitrogens with zero attached hydrogens (tertiary/aromatic N) is 2. The second kappa shape index (κ2) is 13.0. The number of oxime groups is 1. The first-order valence-electron chi connectivity index (χ1n) is 14.2. The van der Waals surface area contributed by atoms with Crippen molar-refractivity contribution in [2.75, 3.05) is 11.9 Å². The highest BCUT2D eigenvalue weighted by molar-refractivity contribution is 7.14. The van der Waals surface area contributed by atoms with Crippen LogP contribution in [0.1, 0.15) is 56.5 Å². The number of nitrogens with one attached hydrogen (secondary N) is 3. The van der Waals surface area contributed by atoms with Gasteiger partial charge in [-0.1, -0.05) is 65.8 Å². The Morgan fingerprint density at radius 3 is 2.24 bits per heavy atom. The lowest BCUT2D eigenvalue weighted by molar-refractivity contribution is -0.164. The topological polar surface area (TPSA) is 178 Å². The van der Waals surface area contributed by atoms with Crippen molar-refractivity contribution in [1.82, 2.24) is 15.6 Å². The van der Waals surface area contributed by atoms with E-state index in [4.69, 9.17) is 14.3 Å². The van der Waals surface area contributed by atoms with Gasteiger partial charge in [-0.15, -0.1) is 11.3 Å². The number of rotatable bonds is 11. The molecular formula is C31H33N5O8S. The fourth-order valence-electron chi connectivity index (χ4n) is 4.38. The van der Waals surface area contributed by atoms with Crippen molar-refractivity contribution in [3.8, 4) is 0 Å². The molecule has 1 saturated carbocycles. The Morgan fingerprint density at radius 2 is 1.71 bits per heavy atom. The normalized spacial score (nSPS) is 18.7. The minimum atomic E-state index is -1.44. The Morgan fingerprint density at radius 1 is 1.09 bits per heavy atom. The summed E-state index contributed by atoms with van der Waals surface area (Å²) in [6, 6.07) is 16.8. The van der Waals surface area contributed by atoms with Crippen LogP contribution in [0.3, 0.4) is 0 Å². The van der Waals surface area contributed by atoms with E-state index in [1.54, 1.807) is 20.8 Å². The van der Waals surface area contributed by atoms with Gasteiger partial charge in [-0.05, 0) is 31.9 Å². The molecular weight excluding hydrogens is 602 g/mol. The van der Waals surface area contributed by atoms with Crippen LogP contribution in [-0.2, 0) is 28.7 Å². The third-order valence-corrected chi connectivity index (χ3v) is 7.64. The summed E-state index contributed by atoms with van der Waals surface area (Å²) in [5.74, 6) is -1.98. The van der Waals surface area contributed by atoms with Gasteiger partial charge in [0.15, 0.2) is 16.9 Å². The standard InChI is InChI=1S/C31H33N5O8S/c1-30(2,3)43-29(41)35-28-33-21(17-45-28)23(26(39)34-22-20(16-37)32-25(22)38)36-44-31(14-15-31)27(40)42-24(18-10-6-4-7-11-18)19-12-8-5-9-13-19/h4-13,17,20,22,24,37H,14-16H2,1-3H3,(H,32,38)(H,34,39)(H,33,35,41)/b36-23-/t20-,22+/m1/s1. The summed E-state index contributed by atoms with van der Waals surface area (Å²) in [5.41, 5.74) is -0.990. The summed E-state index contributed by atoms with van der Waals surface area (Å²) in [6.45, 7) is 4.74. The quantitative estimate of drug-likeness (QED) is 0.107. The highest BCUT2D eigenvalue weighted by Crippen LogP contribution is 2.43. The molecule has 1 aliphatic carbocycles. The van der Waals surface area contributed by atoms with Crippen LogP contribution in [0.5, 0.6) is 0 Å². The van der Waals surface area contributed by atoms with E-state index >= 15 is 0 Å². The molecule has 2 atom stereocenters. The molecule has 2 aliphatic rings. The molecule has 236 valence electrons. The van der Waals surface area contributed by atoms with E-state index in [-0.39, 0.29) is 23.1 Å². The third-order valence-electron chi connectivity index (χ3n) is 6.88. The zero-order chi connectivity index (χ0) is 32.2. The molecule has 2 heterocycles. The molecule has 3 amide bonds. The minimum absolute atomic E-state index is 0.0134. The molecule has 0 radical (unpaired) electrons. The largest absolute Gasteiger partial charge is 0.450 e. The van der Waals surface area contributed by atoms with Gasteiger partial charge >= 0.3 is 12.1 Å². The van der Waals surface area contributed by atoms with Gasteiger partial charge in [0, 0.05) is 18.2 Å². The van der Waals surface area contributed by atoms with E-state index in [0.717, 1.165) is 22.5 Å². The first-order chi connectivity index (χ1) is 21.5. The minimum Gasteiger partial charge on any atom is -0.450 e. The predicted octanol–water partition coefficient (Wildman–Crippen LogP) is 3.05. The van der Waals surface area contributed by atoms with Crippen LogP contribution < -0.4 is 16.0 Å². The average molecular weight is 636 g/mol. The van der Waals surface area contributed by atoms with Crippen molar-refractivity contribution in [3.05, 3.63) is 82.9 Å². The fourth-order valence-corrected chi connectivity index (χ4v) is 5.06. The molecule has 5 rings (SSSR count). The average Bonchev–Trinajstić information content (AvgIpc) is 3.67. The number of aliphatic hydroxyl groups excluding tert-OH is 1. The molecule has 0 spiro atoms. The van der Waals surface area contributed by atoms with E-state index in [2.05, 4.69) is 26.1 Å². The molecule has 4 N–H and O–H groups in total. The molecule has 2 fully saturated rings. The van der Waals surface area contributed by atoms with E-state index < -0.39 is 53.3 Å². The molecule has 1 saturated heterocycles. The van der Waals surface area contributed by atoms with E-state index in [1.165, 1.54) is 5.38 Å². The van der Waals surface area contributed by atoms with Crippen LogP contribution in [0.4, 0.5) is 9.93 Å². The van der Waals surface area contributed by atoms with Crippen LogP contribution in [-0.4, -0.2) is 69.6 Å². The van der Waals surface area contributed by atoms with Gasteiger partial charge in [0.2, 0.25) is 11.5 Å². The van der Waals surface area contributed by atoms with Gasteiger partial charge in [0.05, 0.1) is 12.6 Å². The lowest BCUT2D eigenvalue weighted by Crippen LogP contribution is -2.70. The van der Waals surface area contributed by atoms with Crippen molar-refractivity contribution in [2.24, 2.45) is 5.16 Å². The number of thiazole rings is 1. The van der Waals surface area contributed by atoms with Crippen LogP contribution in [0.25, 0.3) is 0 Å². The summed E-state index contributed by atoms with van der Waals surface area (Å²) in [4.78, 5) is 61.2. The lowest BCUT2D eigenvalue weighted by Gasteiger charge is -2.35. The number of aliphatic hydroxyl groups is 1. The van der Waals surface area contributed by atoms with Crippen molar-refractivity contribution < 1.29 is 38.6 Å². The number of hydrogen-bond acceptors (Lipinski definition) is 11. The number of carbonyl (C=O) groups excluding carboxylic acids is 4. The maximum Gasteiger partial charge on any atom is 0.413 e. The number of esters is 1. The molecule has 45 heavy (non-hydrogen) atoms. The molecule has 14 heteroatoms. The number of carbonyl (C=O) groups is 4. The smallest absolute Gasteiger partial charge is 0.413 e. The highest BCUT2D eigenvalue weighted by atomic mass is 32.1. The number of aromatic nitrogens is 1. The van der Waals surface area contributed by atoms with Crippen LogP contribution in [0, 0.1) is 0 Å². The van der Waals surface area contributed by atoms with Gasteiger partial charge in [-0.3, -0.25) is 14.9 Å². The van der Waals surface area contributed by atoms with Gasteiger partial charge in [0.1, 0.15) is 17.3 Å².